The van der Waals surface area contributed by atoms with Gasteiger partial charge in [0.25, 0.3) is 0 Å². The number of halogens is 2. The molecule has 0 saturated carbocycles. The fraction of sp³-hybridized carbons (Fsp3) is 1.00. The van der Waals surface area contributed by atoms with Crippen molar-refractivity contribution in [2.75, 3.05) is 31.6 Å². The molecule has 0 spiro atoms. The van der Waals surface area contributed by atoms with Crippen LogP contribution in [0, 0.1) is 0 Å². The molecular formula is C5H11Cl2O3P. The summed E-state index contributed by atoms with van der Waals surface area (Å²) < 4.78 is 20.9. The molecule has 6 heteroatoms. The summed E-state index contributed by atoms with van der Waals surface area (Å²) in [5.41, 5.74) is 0. The Morgan fingerprint density at radius 1 is 1.36 bits per heavy atom. The summed E-state index contributed by atoms with van der Waals surface area (Å²) in [4.78, 5) is 0. The van der Waals surface area contributed by atoms with Crippen LogP contribution in [0.15, 0.2) is 0 Å². The normalized spacial score (nSPS) is 16.3. The minimum atomic E-state index is -2.93. The zero-order valence-electron chi connectivity index (χ0n) is 6.26. The van der Waals surface area contributed by atoms with Gasteiger partial charge in [0, 0.05) is 18.9 Å². The highest BCUT2D eigenvalue weighted by atomic mass is 35.5. The number of hydrogen-bond donors (Lipinski definition) is 0. The Balaban J connectivity index is 3.79. The Morgan fingerprint density at radius 3 is 2.36 bits per heavy atom. The molecule has 0 aromatic rings. The highest BCUT2D eigenvalue weighted by Gasteiger charge is 2.20. The van der Waals surface area contributed by atoms with E-state index in [4.69, 9.17) is 27.7 Å². The molecular weight excluding hydrogens is 210 g/mol. The van der Waals surface area contributed by atoms with Gasteiger partial charge in [-0.2, -0.15) is 0 Å². The molecule has 0 bridgehead atoms. The summed E-state index contributed by atoms with van der Waals surface area (Å²) in [5, 5.41) is 0. The smallest absolute Gasteiger partial charge is 0.312 e. The van der Waals surface area contributed by atoms with Gasteiger partial charge in [-0.3, -0.25) is 4.57 Å². The molecule has 11 heavy (non-hydrogen) atoms. The van der Waals surface area contributed by atoms with Crippen molar-refractivity contribution < 1.29 is 13.6 Å². The lowest BCUT2D eigenvalue weighted by molar-refractivity contribution is 0.247. The van der Waals surface area contributed by atoms with E-state index >= 15 is 0 Å². The SMILES string of the molecule is COP(=O)(CCCl)OCCCl. The van der Waals surface area contributed by atoms with E-state index < -0.39 is 7.60 Å². The number of rotatable bonds is 6. The molecule has 1 atom stereocenters. The van der Waals surface area contributed by atoms with Gasteiger partial charge < -0.3 is 9.05 Å². The van der Waals surface area contributed by atoms with Crippen molar-refractivity contribution in [3.63, 3.8) is 0 Å². The molecule has 1 unspecified atom stereocenters. The molecule has 0 aromatic heterocycles. The molecule has 0 aromatic carbocycles. The minimum absolute atomic E-state index is 0.224. The largest absolute Gasteiger partial charge is 0.331 e. The third-order valence-electron chi connectivity index (χ3n) is 1.00. The van der Waals surface area contributed by atoms with Gasteiger partial charge in [-0.1, -0.05) is 0 Å². The molecule has 0 aliphatic rings. The van der Waals surface area contributed by atoms with Crippen LogP contribution in [-0.4, -0.2) is 31.6 Å². The molecule has 0 N–H and O–H groups in total. The first-order valence-electron chi connectivity index (χ1n) is 3.10. The predicted molar refractivity (Wildman–Crippen MR) is 46.9 cm³/mol. The van der Waals surface area contributed by atoms with Crippen LogP contribution in [0.1, 0.15) is 0 Å². The van der Waals surface area contributed by atoms with E-state index in [1.54, 1.807) is 0 Å². The van der Waals surface area contributed by atoms with E-state index in [1.165, 1.54) is 7.11 Å². The Kier molecular flexibility index (Phi) is 6.68. The highest BCUT2D eigenvalue weighted by Crippen LogP contribution is 2.46. The van der Waals surface area contributed by atoms with Crippen molar-refractivity contribution in [2.45, 2.75) is 0 Å². The highest BCUT2D eigenvalue weighted by molar-refractivity contribution is 7.53. The first-order valence-corrected chi connectivity index (χ1v) is 5.89. The Morgan fingerprint density at radius 2 is 2.00 bits per heavy atom. The van der Waals surface area contributed by atoms with Gasteiger partial charge in [0.05, 0.1) is 12.8 Å². The number of alkyl halides is 2. The van der Waals surface area contributed by atoms with Gasteiger partial charge in [0.2, 0.25) is 0 Å². The maximum absolute atomic E-state index is 11.4. The molecule has 0 aliphatic heterocycles. The van der Waals surface area contributed by atoms with E-state index in [0.717, 1.165) is 0 Å². The van der Waals surface area contributed by atoms with Gasteiger partial charge >= 0.3 is 7.60 Å². The first kappa shape index (κ1) is 11.7. The Bertz CT molecular complexity index is 142. The second-order valence-electron chi connectivity index (χ2n) is 1.73. The topological polar surface area (TPSA) is 35.5 Å². The standard InChI is InChI=1S/C5H11Cl2O3P/c1-9-11(8,5-3-7)10-4-2-6/h2-5H2,1H3. The van der Waals surface area contributed by atoms with Crippen LogP contribution in [-0.2, 0) is 13.6 Å². The van der Waals surface area contributed by atoms with Gasteiger partial charge in [-0.25, -0.2) is 0 Å². The van der Waals surface area contributed by atoms with Gasteiger partial charge in [0.1, 0.15) is 0 Å². The number of hydrogen-bond acceptors (Lipinski definition) is 3. The summed E-state index contributed by atoms with van der Waals surface area (Å²) in [6.45, 7) is 0.226. The zero-order valence-corrected chi connectivity index (χ0v) is 8.66. The lowest BCUT2D eigenvalue weighted by atomic mass is 10.9. The van der Waals surface area contributed by atoms with Crippen molar-refractivity contribution in [1.29, 1.82) is 0 Å². The zero-order chi connectivity index (χ0) is 8.74. The third-order valence-corrected chi connectivity index (χ3v) is 3.51. The van der Waals surface area contributed by atoms with E-state index in [-0.39, 0.29) is 18.6 Å². The molecule has 0 heterocycles. The molecule has 0 saturated heterocycles. The van der Waals surface area contributed by atoms with Crippen LogP contribution in [0.5, 0.6) is 0 Å². The van der Waals surface area contributed by atoms with E-state index in [1.807, 2.05) is 0 Å². The maximum atomic E-state index is 11.4. The van der Waals surface area contributed by atoms with Crippen molar-refractivity contribution >= 4 is 30.8 Å². The third kappa shape index (κ3) is 5.05. The van der Waals surface area contributed by atoms with Crippen molar-refractivity contribution in [3.8, 4) is 0 Å². The molecule has 0 rings (SSSR count). The second kappa shape index (κ2) is 6.27. The van der Waals surface area contributed by atoms with Gasteiger partial charge in [0.15, 0.2) is 0 Å². The van der Waals surface area contributed by atoms with E-state index in [9.17, 15) is 4.57 Å². The molecule has 0 radical (unpaired) electrons. The van der Waals surface area contributed by atoms with Crippen LogP contribution in [0.4, 0.5) is 0 Å². The van der Waals surface area contributed by atoms with Crippen LogP contribution >= 0.6 is 30.8 Å². The van der Waals surface area contributed by atoms with E-state index in [2.05, 4.69) is 4.52 Å². The Labute approximate surface area is 76.5 Å². The maximum Gasteiger partial charge on any atom is 0.331 e. The summed E-state index contributed by atoms with van der Waals surface area (Å²) in [6, 6.07) is 0. The van der Waals surface area contributed by atoms with Crippen molar-refractivity contribution in [1.82, 2.24) is 0 Å². The summed E-state index contributed by atoms with van der Waals surface area (Å²) in [5.74, 6) is 0.559. The summed E-state index contributed by atoms with van der Waals surface area (Å²) in [7, 11) is -1.60. The first-order chi connectivity index (χ1) is 5.18. The Hall–Kier alpha value is 0.730. The molecule has 68 valence electrons. The van der Waals surface area contributed by atoms with Crippen LogP contribution in [0.3, 0.4) is 0 Å². The van der Waals surface area contributed by atoms with Crippen LogP contribution < -0.4 is 0 Å². The van der Waals surface area contributed by atoms with Crippen molar-refractivity contribution in [2.24, 2.45) is 0 Å². The van der Waals surface area contributed by atoms with E-state index in [0.29, 0.717) is 5.88 Å². The van der Waals surface area contributed by atoms with Crippen molar-refractivity contribution in [3.05, 3.63) is 0 Å². The van der Waals surface area contributed by atoms with Crippen LogP contribution in [0.25, 0.3) is 0 Å². The summed E-state index contributed by atoms with van der Waals surface area (Å²) >= 11 is 10.7. The molecule has 0 amide bonds. The average molecular weight is 221 g/mol. The fourth-order valence-electron chi connectivity index (χ4n) is 0.486. The predicted octanol–water partition coefficient (Wildman–Crippen LogP) is 2.32. The second-order valence-corrected chi connectivity index (χ2v) is 4.78. The monoisotopic (exact) mass is 220 g/mol. The lowest BCUT2D eigenvalue weighted by Crippen LogP contribution is -2.00. The van der Waals surface area contributed by atoms with Gasteiger partial charge in [-0.15, -0.1) is 23.2 Å². The van der Waals surface area contributed by atoms with Gasteiger partial charge in [-0.05, 0) is 0 Å². The molecule has 0 aliphatic carbocycles. The van der Waals surface area contributed by atoms with Crippen LogP contribution in [0.2, 0.25) is 0 Å². The average Bonchev–Trinajstić information content (AvgIpc) is 2.02. The fourth-order valence-corrected chi connectivity index (χ4v) is 2.28. The minimum Gasteiger partial charge on any atom is -0.312 e. The quantitative estimate of drug-likeness (QED) is 0.510. The lowest BCUT2D eigenvalue weighted by Gasteiger charge is -2.13. The molecule has 3 nitrogen and oxygen atoms in total. The summed E-state index contributed by atoms with van der Waals surface area (Å²) in [6.07, 6.45) is 0.224. The molecule has 0 fully saturated rings.